The van der Waals surface area contributed by atoms with E-state index >= 15 is 0 Å². The maximum absolute atomic E-state index is 12.5. The van der Waals surface area contributed by atoms with E-state index in [1.165, 1.54) is 18.4 Å². The predicted molar refractivity (Wildman–Crippen MR) is 93.4 cm³/mol. The number of pyridine rings is 1. The number of carbonyl (C=O) groups is 1. The molecule has 1 amide bonds. The van der Waals surface area contributed by atoms with Crippen LogP contribution in [0.5, 0.6) is 0 Å². The van der Waals surface area contributed by atoms with Gasteiger partial charge in [-0.2, -0.15) is 5.26 Å². The van der Waals surface area contributed by atoms with Crippen LogP contribution in [0.1, 0.15) is 42.5 Å². The average Bonchev–Trinajstić information content (AvgIpc) is 3.21. The van der Waals surface area contributed by atoms with E-state index < -0.39 is 0 Å². The summed E-state index contributed by atoms with van der Waals surface area (Å²) in [5, 5.41) is 9.54. The summed E-state index contributed by atoms with van der Waals surface area (Å²) >= 11 is 0. The number of carbonyl (C=O) groups excluding carboxylic acids is 1. The van der Waals surface area contributed by atoms with Crippen molar-refractivity contribution in [1.29, 1.82) is 5.26 Å². The fraction of sp³-hybridized carbons (Fsp3) is 0.632. The standard InChI is InChI=1S/C19H24N4O2/c20-13-15-12-14-4-1-2-5-16(14)21-18(15)22-7-9-23(10-8-22)19(24)17-6-3-11-25-17/h12,17H,1-11H2/t17-/m0/s1. The number of nitriles is 1. The van der Waals surface area contributed by atoms with E-state index in [0.29, 0.717) is 25.3 Å². The molecule has 2 fully saturated rings. The SMILES string of the molecule is N#Cc1cc2c(nc1N1CCN(C(=O)[C@@H]3CCCO3)CC1)CCCC2. The zero-order valence-electron chi connectivity index (χ0n) is 14.5. The van der Waals surface area contributed by atoms with Gasteiger partial charge in [0, 0.05) is 38.5 Å². The highest BCUT2D eigenvalue weighted by Gasteiger charge is 2.31. The van der Waals surface area contributed by atoms with Crippen LogP contribution in [0.4, 0.5) is 5.82 Å². The van der Waals surface area contributed by atoms with Crippen molar-refractivity contribution in [3.05, 3.63) is 22.9 Å². The number of hydrogen-bond acceptors (Lipinski definition) is 5. The second kappa shape index (κ2) is 7.01. The molecule has 0 radical (unpaired) electrons. The first-order valence-electron chi connectivity index (χ1n) is 9.34. The summed E-state index contributed by atoms with van der Waals surface area (Å²) in [5.41, 5.74) is 3.05. The lowest BCUT2D eigenvalue weighted by molar-refractivity contribution is -0.141. The summed E-state index contributed by atoms with van der Waals surface area (Å²) in [4.78, 5) is 21.4. The lowest BCUT2D eigenvalue weighted by Gasteiger charge is -2.37. The predicted octanol–water partition coefficient (Wildman–Crippen LogP) is 1.66. The van der Waals surface area contributed by atoms with Crippen molar-refractivity contribution < 1.29 is 9.53 Å². The Kier molecular flexibility index (Phi) is 4.58. The third-order valence-electron chi connectivity index (χ3n) is 5.50. The normalized spacial score (nSPS) is 23.2. The van der Waals surface area contributed by atoms with Gasteiger partial charge in [-0.25, -0.2) is 4.98 Å². The highest BCUT2D eigenvalue weighted by molar-refractivity contribution is 5.81. The van der Waals surface area contributed by atoms with Gasteiger partial charge in [-0.1, -0.05) is 0 Å². The van der Waals surface area contributed by atoms with E-state index in [2.05, 4.69) is 11.0 Å². The van der Waals surface area contributed by atoms with E-state index in [0.717, 1.165) is 50.3 Å². The molecule has 6 heteroatoms. The maximum atomic E-state index is 12.5. The van der Waals surface area contributed by atoms with Gasteiger partial charge in [0.25, 0.3) is 5.91 Å². The fourth-order valence-electron chi connectivity index (χ4n) is 4.06. The highest BCUT2D eigenvalue weighted by atomic mass is 16.5. The first kappa shape index (κ1) is 16.3. The van der Waals surface area contributed by atoms with Gasteiger partial charge in [0.15, 0.2) is 0 Å². The van der Waals surface area contributed by atoms with Crippen LogP contribution < -0.4 is 4.90 Å². The third-order valence-corrected chi connectivity index (χ3v) is 5.50. The number of fused-ring (bicyclic) bond motifs is 1. The molecule has 1 atom stereocenters. The zero-order chi connectivity index (χ0) is 17.2. The number of amides is 1. The Hall–Kier alpha value is -2.13. The summed E-state index contributed by atoms with van der Waals surface area (Å²) in [6.45, 7) is 3.48. The van der Waals surface area contributed by atoms with Gasteiger partial charge in [0.2, 0.25) is 0 Å². The Bertz CT molecular complexity index is 698. The van der Waals surface area contributed by atoms with Crippen molar-refractivity contribution in [3.63, 3.8) is 0 Å². The molecule has 1 aliphatic carbocycles. The Morgan fingerprint density at radius 2 is 2.00 bits per heavy atom. The number of nitrogens with zero attached hydrogens (tertiary/aromatic N) is 4. The molecule has 0 spiro atoms. The summed E-state index contributed by atoms with van der Waals surface area (Å²) in [7, 11) is 0. The van der Waals surface area contributed by atoms with Crippen molar-refractivity contribution in [2.24, 2.45) is 0 Å². The number of aromatic nitrogens is 1. The van der Waals surface area contributed by atoms with Crippen molar-refractivity contribution in [3.8, 4) is 6.07 Å². The number of piperazine rings is 1. The smallest absolute Gasteiger partial charge is 0.251 e. The quantitative estimate of drug-likeness (QED) is 0.819. The van der Waals surface area contributed by atoms with Crippen LogP contribution in [0.25, 0.3) is 0 Å². The molecular formula is C19H24N4O2. The van der Waals surface area contributed by atoms with Crippen LogP contribution >= 0.6 is 0 Å². The molecule has 4 rings (SSSR count). The van der Waals surface area contributed by atoms with E-state index in [1.807, 2.05) is 11.0 Å². The molecule has 3 heterocycles. The number of aryl methyl sites for hydroxylation is 2. The monoisotopic (exact) mass is 340 g/mol. The molecule has 1 aromatic heterocycles. The van der Waals surface area contributed by atoms with E-state index in [-0.39, 0.29) is 12.0 Å². The molecule has 25 heavy (non-hydrogen) atoms. The van der Waals surface area contributed by atoms with Crippen molar-refractivity contribution in [2.75, 3.05) is 37.7 Å². The van der Waals surface area contributed by atoms with Crippen LogP contribution in [-0.4, -0.2) is 54.7 Å². The first-order valence-corrected chi connectivity index (χ1v) is 9.34. The Labute approximate surface area is 148 Å². The number of anilines is 1. The lowest BCUT2D eigenvalue weighted by Crippen LogP contribution is -2.51. The van der Waals surface area contributed by atoms with Gasteiger partial charge in [0.1, 0.15) is 18.0 Å². The molecule has 3 aliphatic rings. The highest BCUT2D eigenvalue weighted by Crippen LogP contribution is 2.27. The van der Waals surface area contributed by atoms with Gasteiger partial charge in [-0.05, 0) is 50.2 Å². The average molecular weight is 340 g/mol. The second-order valence-corrected chi connectivity index (χ2v) is 7.10. The molecule has 132 valence electrons. The van der Waals surface area contributed by atoms with E-state index in [1.54, 1.807) is 0 Å². The van der Waals surface area contributed by atoms with E-state index in [4.69, 9.17) is 9.72 Å². The van der Waals surface area contributed by atoms with Crippen molar-refractivity contribution in [2.45, 2.75) is 44.6 Å². The van der Waals surface area contributed by atoms with Gasteiger partial charge in [0.05, 0.1) is 5.56 Å². The topological polar surface area (TPSA) is 69.5 Å². The van der Waals surface area contributed by atoms with Gasteiger partial charge in [-0.15, -0.1) is 0 Å². The van der Waals surface area contributed by atoms with Crippen LogP contribution in [0, 0.1) is 11.3 Å². The van der Waals surface area contributed by atoms with Crippen LogP contribution in [0.15, 0.2) is 6.07 Å². The summed E-state index contributed by atoms with van der Waals surface area (Å²) in [6, 6.07) is 4.35. The number of rotatable bonds is 2. The van der Waals surface area contributed by atoms with Crippen molar-refractivity contribution in [1.82, 2.24) is 9.88 Å². The molecular weight excluding hydrogens is 316 g/mol. The Morgan fingerprint density at radius 3 is 2.72 bits per heavy atom. The Morgan fingerprint density at radius 1 is 1.20 bits per heavy atom. The van der Waals surface area contributed by atoms with Gasteiger partial charge < -0.3 is 14.5 Å². The van der Waals surface area contributed by atoms with Gasteiger partial charge in [-0.3, -0.25) is 4.79 Å². The molecule has 6 nitrogen and oxygen atoms in total. The van der Waals surface area contributed by atoms with Crippen molar-refractivity contribution >= 4 is 11.7 Å². The minimum atomic E-state index is -0.247. The summed E-state index contributed by atoms with van der Waals surface area (Å²) in [5.74, 6) is 0.920. The molecule has 2 saturated heterocycles. The summed E-state index contributed by atoms with van der Waals surface area (Å²) < 4.78 is 5.52. The molecule has 0 unspecified atom stereocenters. The Balaban J connectivity index is 1.47. The van der Waals surface area contributed by atoms with Crippen LogP contribution in [0.2, 0.25) is 0 Å². The molecule has 2 aliphatic heterocycles. The zero-order valence-corrected chi connectivity index (χ0v) is 14.5. The maximum Gasteiger partial charge on any atom is 0.251 e. The molecule has 0 saturated carbocycles. The third kappa shape index (κ3) is 3.21. The molecule has 0 aromatic carbocycles. The molecule has 1 aromatic rings. The van der Waals surface area contributed by atoms with Crippen LogP contribution in [0.3, 0.4) is 0 Å². The molecule has 0 bridgehead atoms. The minimum Gasteiger partial charge on any atom is -0.368 e. The van der Waals surface area contributed by atoms with Gasteiger partial charge >= 0.3 is 0 Å². The lowest BCUT2D eigenvalue weighted by atomic mass is 9.95. The van der Waals surface area contributed by atoms with E-state index in [9.17, 15) is 10.1 Å². The molecule has 0 N–H and O–H groups in total. The number of hydrogen-bond donors (Lipinski definition) is 0. The first-order chi connectivity index (χ1) is 12.3. The number of ether oxygens (including phenoxy) is 1. The fourth-order valence-corrected chi connectivity index (χ4v) is 4.06. The largest absolute Gasteiger partial charge is 0.368 e. The summed E-state index contributed by atoms with van der Waals surface area (Å²) in [6.07, 6.45) is 5.96. The minimum absolute atomic E-state index is 0.121. The second-order valence-electron chi connectivity index (χ2n) is 7.10. The van der Waals surface area contributed by atoms with Crippen LogP contribution in [-0.2, 0) is 22.4 Å².